The van der Waals surface area contributed by atoms with Gasteiger partial charge in [0.25, 0.3) is 0 Å². The zero-order chi connectivity index (χ0) is 14.0. The van der Waals surface area contributed by atoms with Gasteiger partial charge in [0, 0.05) is 11.6 Å². The number of nitrogens with two attached hydrogens (primary N) is 1. The summed E-state index contributed by atoms with van der Waals surface area (Å²) in [6.07, 6.45) is -2.52. The molecule has 2 aromatic rings. The van der Waals surface area contributed by atoms with Crippen molar-refractivity contribution < 1.29 is 17.6 Å². The molecule has 0 aliphatic rings. The zero-order valence-electron chi connectivity index (χ0n) is 9.75. The summed E-state index contributed by atoms with van der Waals surface area (Å²) in [5.41, 5.74) is 6.60. The molecule has 102 valence electrons. The summed E-state index contributed by atoms with van der Waals surface area (Å²) in [4.78, 5) is 0. The summed E-state index contributed by atoms with van der Waals surface area (Å²) < 4.78 is 42.1. The maximum absolute atomic E-state index is 12.4. The first-order valence-corrected chi connectivity index (χ1v) is 5.90. The lowest BCUT2D eigenvalue weighted by atomic mass is 10.0. The maximum Gasteiger partial charge on any atom is 0.416 e. The summed E-state index contributed by atoms with van der Waals surface area (Å²) in [7, 11) is 0. The highest BCUT2D eigenvalue weighted by molar-refractivity contribution is 6.29. The van der Waals surface area contributed by atoms with Gasteiger partial charge in [-0.1, -0.05) is 12.1 Å². The largest absolute Gasteiger partial charge is 0.453 e. The van der Waals surface area contributed by atoms with E-state index in [4.69, 9.17) is 21.8 Å². The van der Waals surface area contributed by atoms with Crippen LogP contribution in [-0.4, -0.2) is 0 Å². The third-order valence-corrected chi connectivity index (χ3v) is 3.09. The van der Waals surface area contributed by atoms with Gasteiger partial charge in [-0.15, -0.1) is 0 Å². The normalized spacial score (nSPS) is 13.5. The van der Waals surface area contributed by atoms with Crippen molar-refractivity contribution in [3.8, 4) is 0 Å². The highest BCUT2D eigenvalue weighted by atomic mass is 35.5. The Morgan fingerprint density at radius 3 is 2.26 bits per heavy atom. The minimum absolute atomic E-state index is 0.208. The van der Waals surface area contributed by atoms with Crippen molar-refractivity contribution in [2.24, 2.45) is 5.73 Å². The van der Waals surface area contributed by atoms with Crippen LogP contribution in [0.4, 0.5) is 13.2 Å². The second-order valence-electron chi connectivity index (χ2n) is 4.15. The molecule has 0 saturated carbocycles. The molecule has 0 fully saturated rings. The van der Waals surface area contributed by atoms with Crippen LogP contribution in [0.25, 0.3) is 0 Å². The van der Waals surface area contributed by atoms with E-state index in [-0.39, 0.29) is 5.22 Å². The van der Waals surface area contributed by atoms with Gasteiger partial charge < -0.3 is 10.2 Å². The predicted octanol–water partition coefficient (Wildman–Crippen LogP) is 4.19. The minimum Gasteiger partial charge on any atom is -0.453 e. The van der Waals surface area contributed by atoms with Crippen LogP contribution in [-0.2, 0) is 12.6 Å². The highest BCUT2D eigenvalue weighted by Crippen LogP contribution is 2.30. The molecule has 0 aliphatic carbocycles. The van der Waals surface area contributed by atoms with Crippen molar-refractivity contribution in [2.45, 2.75) is 18.6 Å². The van der Waals surface area contributed by atoms with E-state index in [1.807, 2.05) is 0 Å². The Morgan fingerprint density at radius 1 is 1.16 bits per heavy atom. The van der Waals surface area contributed by atoms with Crippen molar-refractivity contribution >= 4 is 11.6 Å². The Hall–Kier alpha value is -1.46. The van der Waals surface area contributed by atoms with Crippen LogP contribution in [0.3, 0.4) is 0 Å². The third-order valence-electron chi connectivity index (χ3n) is 2.78. The zero-order valence-corrected chi connectivity index (χ0v) is 10.5. The molecule has 0 aliphatic heterocycles. The molecule has 0 saturated heterocycles. The topological polar surface area (TPSA) is 39.2 Å². The number of alkyl halides is 3. The Bertz CT molecular complexity index is 548. The van der Waals surface area contributed by atoms with Gasteiger partial charge in [0.2, 0.25) is 0 Å². The molecule has 6 heteroatoms. The quantitative estimate of drug-likeness (QED) is 0.920. The van der Waals surface area contributed by atoms with Crippen LogP contribution in [0.15, 0.2) is 41.0 Å². The first kappa shape index (κ1) is 14.0. The van der Waals surface area contributed by atoms with Crippen molar-refractivity contribution in [3.63, 3.8) is 0 Å². The van der Waals surface area contributed by atoms with Gasteiger partial charge in [-0.25, -0.2) is 0 Å². The van der Waals surface area contributed by atoms with Gasteiger partial charge in [0.1, 0.15) is 0 Å². The molecule has 1 aromatic heterocycles. The summed E-state index contributed by atoms with van der Waals surface area (Å²) >= 11 is 5.79. The summed E-state index contributed by atoms with van der Waals surface area (Å²) in [6, 6.07) is 6.14. The van der Waals surface area contributed by atoms with Crippen molar-refractivity contribution in [1.82, 2.24) is 0 Å². The molecule has 1 heterocycles. The van der Waals surface area contributed by atoms with Crippen molar-refractivity contribution in [3.05, 3.63) is 58.5 Å². The Kier molecular flexibility index (Phi) is 3.87. The molecule has 1 aromatic carbocycles. The molecule has 2 rings (SSSR count). The maximum atomic E-state index is 12.4. The van der Waals surface area contributed by atoms with E-state index in [1.165, 1.54) is 18.4 Å². The fourth-order valence-corrected chi connectivity index (χ4v) is 2.02. The molecule has 2 N–H and O–H groups in total. The highest BCUT2D eigenvalue weighted by Gasteiger charge is 2.30. The lowest BCUT2D eigenvalue weighted by Gasteiger charge is -2.11. The number of hydrogen-bond acceptors (Lipinski definition) is 2. The number of rotatable bonds is 3. The molecule has 0 radical (unpaired) electrons. The fraction of sp³-hybridized carbons (Fsp3) is 0.231. The van der Waals surface area contributed by atoms with E-state index in [9.17, 15) is 13.2 Å². The molecule has 0 bridgehead atoms. The van der Waals surface area contributed by atoms with E-state index < -0.39 is 17.8 Å². The fourth-order valence-electron chi connectivity index (χ4n) is 1.76. The van der Waals surface area contributed by atoms with Gasteiger partial charge in [0.15, 0.2) is 5.22 Å². The van der Waals surface area contributed by atoms with Gasteiger partial charge in [-0.3, -0.25) is 0 Å². The second kappa shape index (κ2) is 5.27. The average Bonchev–Trinajstić information content (AvgIpc) is 2.75. The summed E-state index contributed by atoms with van der Waals surface area (Å²) in [6.45, 7) is 0. The number of halogens is 4. The van der Waals surface area contributed by atoms with Crippen molar-refractivity contribution in [2.75, 3.05) is 0 Å². The number of furan rings is 1. The molecule has 1 unspecified atom stereocenters. The van der Waals surface area contributed by atoms with Gasteiger partial charge in [-0.2, -0.15) is 13.2 Å². The molecule has 2 nitrogen and oxygen atoms in total. The van der Waals surface area contributed by atoms with Crippen LogP contribution >= 0.6 is 11.6 Å². The molecular formula is C13H11ClF3NO. The third kappa shape index (κ3) is 3.30. The van der Waals surface area contributed by atoms with Crippen molar-refractivity contribution in [1.29, 1.82) is 0 Å². The molecule has 0 spiro atoms. The standard InChI is InChI=1S/C13H11ClF3NO/c14-12-10(5-6-19-12)11(18)7-8-1-3-9(4-2-8)13(15,16)17/h1-6,11H,7,18H2. The van der Waals surface area contributed by atoms with E-state index in [0.29, 0.717) is 17.5 Å². The lowest BCUT2D eigenvalue weighted by molar-refractivity contribution is -0.137. The first-order chi connectivity index (χ1) is 8.88. The van der Waals surface area contributed by atoms with Gasteiger partial charge in [0.05, 0.1) is 11.8 Å². The number of hydrogen-bond donors (Lipinski definition) is 1. The second-order valence-corrected chi connectivity index (χ2v) is 4.50. The van der Waals surface area contributed by atoms with Gasteiger partial charge in [-0.05, 0) is 41.8 Å². The summed E-state index contributed by atoms with van der Waals surface area (Å²) in [5.74, 6) is 0. The summed E-state index contributed by atoms with van der Waals surface area (Å²) in [5, 5.41) is 0.208. The van der Waals surface area contributed by atoms with E-state index in [1.54, 1.807) is 6.07 Å². The Balaban J connectivity index is 2.10. The SMILES string of the molecule is NC(Cc1ccc(C(F)(F)F)cc1)c1ccoc1Cl. The number of benzene rings is 1. The molecule has 0 amide bonds. The molecule has 1 atom stereocenters. The van der Waals surface area contributed by atoms with E-state index >= 15 is 0 Å². The minimum atomic E-state index is -4.32. The average molecular weight is 290 g/mol. The van der Waals surface area contributed by atoms with Crippen LogP contribution in [0.1, 0.15) is 22.7 Å². The Morgan fingerprint density at radius 2 is 1.79 bits per heavy atom. The monoisotopic (exact) mass is 289 g/mol. The first-order valence-electron chi connectivity index (χ1n) is 5.52. The molecule has 19 heavy (non-hydrogen) atoms. The van der Waals surface area contributed by atoms with Gasteiger partial charge >= 0.3 is 6.18 Å². The molecular weight excluding hydrogens is 279 g/mol. The van der Waals surface area contributed by atoms with Crippen LogP contribution in [0, 0.1) is 0 Å². The van der Waals surface area contributed by atoms with Crippen LogP contribution in [0.2, 0.25) is 5.22 Å². The van der Waals surface area contributed by atoms with Crippen LogP contribution < -0.4 is 5.73 Å². The lowest BCUT2D eigenvalue weighted by Crippen LogP contribution is -2.13. The van der Waals surface area contributed by atoms with E-state index in [2.05, 4.69) is 0 Å². The van der Waals surface area contributed by atoms with Crippen LogP contribution in [0.5, 0.6) is 0 Å². The Labute approximate surface area is 113 Å². The predicted molar refractivity (Wildman–Crippen MR) is 65.8 cm³/mol. The smallest absolute Gasteiger partial charge is 0.416 e. The van der Waals surface area contributed by atoms with E-state index in [0.717, 1.165) is 12.1 Å².